The molecule has 2 aliphatic heterocycles. The van der Waals surface area contributed by atoms with E-state index in [4.69, 9.17) is 0 Å². The minimum Gasteiger partial charge on any atom is -0.354 e. The zero-order chi connectivity index (χ0) is 19.4. The van der Waals surface area contributed by atoms with Crippen LogP contribution in [0.15, 0.2) is 42.2 Å². The predicted octanol–water partition coefficient (Wildman–Crippen LogP) is 3.56. The van der Waals surface area contributed by atoms with E-state index in [0.717, 1.165) is 63.3 Å². The van der Waals surface area contributed by atoms with Crippen molar-refractivity contribution in [3.05, 3.63) is 42.2 Å². The minimum absolute atomic E-state index is 0. The maximum absolute atomic E-state index is 4.60. The normalized spacial score (nSPS) is 21.2. The van der Waals surface area contributed by atoms with Crippen LogP contribution < -0.4 is 4.90 Å². The fourth-order valence-electron chi connectivity index (χ4n) is 4.84. The monoisotopic (exact) mass is 439 g/mol. The molecule has 30 heavy (non-hydrogen) atoms. The third kappa shape index (κ3) is 3.15. The zero-order valence-electron chi connectivity index (χ0n) is 16.5. The number of likely N-dealkylation sites (tertiary alicyclic amines) is 1. The highest BCUT2D eigenvalue weighted by molar-refractivity contribution is 7.17. The van der Waals surface area contributed by atoms with Crippen LogP contribution in [0.4, 0.5) is 5.82 Å². The molecule has 0 bridgehead atoms. The van der Waals surface area contributed by atoms with Gasteiger partial charge in [-0.15, -0.1) is 33.9 Å². The molecule has 2 saturated heterocycles. The van der Waals surface area contributed by atoms with Gasteiger partial charge in [-0.1, -0.05) is 12.1 Å². The SMILES string of the molecule is CN1CC2CN(c3ccc(-c4ccc(-c5cn[nH]c5)c5ncsc45)nn3)CC2C1.Cl. The van der Waals surface area contributed by atoms with E-state index in [1.807, 2.05) is 17.9 Å². The summed E-state index contributed by atoms with van der Waals surface area (Å²) in [5, 5.41) is 16.1. The van der Waals surface area contributed by atoms with Gasteiger partial charge in [-0.25, -0.2) is 4.98 Å². The number of H-pyrrole nitrogens is 1. The number of aromatic amines is 1. The maximum Gasteiger partial charge on any atom is 0.151 e. The van der Waals surface area contributed by atoms with Crippen molar-refractivity contribution in [2.45, 2.75) is 0 Å². The Morgan fingerprint density at radius 3 is 2.50 bits per heavy atom. The average molecular weight is 440 g/mol. The number of anilines is 1. The Morgan fingerprint density at radius 2 is 1.80 bits per heavy atom. The molecule has 2 fully saturated rings. The van der Waals surface area contributed by atoms with E-state index in [9.17, 15) is 0 Å². The van der Waals surface area contributed by atoms with E-state index in [1.165, 1.54) is 13.1 Å². The summed E-state index contributed by atoms with van der Waals surface area (Å²) in [5.41, 5.74) is 6.96. The number of aromatic nitrogens is 5. The molecule has 2 atom stereocenters. The van der Waals surface area contributed by atoms with E-state index in [1.54, 1.807) is 11.3 Å². The zero-order valence-corrected chi connectivity index (χ0v) is 18.2. The standard InChI is InChI=1S/C21H21N7S.ClH/c1-27-8-14-10-28(11-15(14)9-27)19-5-4-18(25-26-19)17-3-2-16(13-6-23-24-7-13)20-21(17)29-12-22-20;/h2-7,12,14-15H,8-11H2,1H3,(H,23,24);1H. The number of hydrogen-bond donors (Lipinski definition) is 1. The first-order valence-corrected chi connectivity index (χ1v) is 10.8. The van der Waals surface area contributed by atoms with Crippen molar-refractivity contribution in [3.63, 3.8) is 0 Å². The fraction of sp³-hybridized carbons (Fsp3) is 0.333. The first-order valence-electron chi connectivity index (χ1n) is 9.89. The Kier molecular flexibility index (Phi) is 4.92. The first-order chi connectivity index (χ1) is 14.3. The van der Waals surface area contributed by atoms with Gasteiger partial charge in [0.2, 0.25) is 0 Å². The van der Waals surface area contributed by atoms with Crippen LogP contribution in [-0.4, -0.2) is 63.5 Å². The Bertz CT molecular complexity index is 1140. The summed E-state index contributed by atoms with van der Waals surface area (Å²) in [5.74, 6) is 2.50. The average Bonchev–Trinajstić information content (AvgIpc) is 3.51. The second-order valence-corrected chi connectivity index (χ2v) is 8.96. The number of benzene rings is 1. The topological polar surface area (TPSA) is 73.8 Å². The van der Waals surface area contributed by atoms with Crippen molar-refractivity contribution < 1.29 is 0 Å². The molecule has 1 N–H and O–H groups in total. The van der Waals surface area contributed by atoms with Crippen molar-refractivity contribution in [2.75, 3.05) is 38.1 Å². The highest BCUT2D eigenvalue weighted by Gasteiger charge is 2.39. The van der Waals surface area contributed by atoms with Gasteiger partial charge in [-0.2, -0.15) is 5.10 Å². The van der Waals surface area contributed by atoms with Crippen LogP contribution >= 0.6 is 23.7 Å². The van der Waals surface area contributed by atoms with Crippen LogP contribution in [0.1, 0.15) is 0 Å². The van der Waals surface area contributed by atoms with Crippen LogP contribution in [0.2, 0.25) is 0 Å². The molecule has 0 aliphatic carbocycles. The number of halogens is 1. The molecule has 0 radical (unpaired) electrons. The van der Waals surface area contributed by atoms with Gasteiger partial charge in [-0.05, 0) is 31.0 Å². The summed E-state index contributed by atoms with van der Waals surface area (Å²) < 4.78 is 1.13. The Morgan fingerprint density at radius 1 is 1.00 bits per heavy atom. The maximum atomic E-state index is 4.60. The van der Waals surface area contributed by atoms with Gasteiger partial charge >= 0.3 is 0 Å². The van der Waals surface area contributed by atoms with Crippen LogP contribution in [0.3, 0.4) is 0 Å². The quantitative estimate of drug-likeness (QED) is 0.526. The molecular formula is C21H22ClN7S. The van der Waals surface area contributed by atoms with E-state index < -0.39 is 0 Å². The van der Waals surface area contributed by atoms with E-state index in [0.29, 0.717) is 0 Å². The lowest BCUT2D eigenvalue weighted by atomic mass is 10.0. The molecule has 0 saturated carbocycles. The molecule has 9 heteroatoms. The predicted molar refractivity (Wildman–Crippen MR) is 122 cm³/mol. The molecule has 0 amide bonds. The summed E-state index contributed by atoms with van der Waals surface area (Å²) >= 11 is 1.64. The summed E-state index contributed by atoms with van der Waals surface area (Å²) in [6.45, 7) is 4.56. The molecular weight excluding hydrogens is 418 g/mol. The summed E-state index contributed by atoms with van der Waals surface area (Å²) in [6, 6.07) is 8.41. The van der Waals surface area contributed by atoms with Crippen LogP contribution in [0, 0.1) is 11.8 Å². The molecule has 2 aliphatic rings. The summed E-state index contributed by atoms with van der Waals surface area (Å²) in [4.78, 5) is 9.43. The fourth-order valence-corrected chi connectivity index (χ4v) is 5.67. The Labute approximate surface area is 184 Å². The van der Waals surface area contributed by atoms with Crippen molar-refractivity contribution in [3.8, 4) is 22.4 Å². The number of nitrogens with one attached hydrogen (secondary N) is 1. The highest BCUT2D eigenvalue weighted by Crippen LogP contribution is 2.37. The summed E-state index contributed by atoms with van der Waals surface area (Å²) in [7, 11) is 2.22. The van der Waals surface area contributed by atoms with E-state index >= 15 is 0 Å². The molecule has 3 aromatic heterocycles. The van der Waals surface area contributed by atoms with Gasteiger partial charge in [0.25, 0.3) is 0 Å². The Hall–Kier alpha value is -2.55. The lowest BCUT2D eigenvalue weighted by molar-refractivity contribution is 0.387. The smallest absolute Gasteiger partial charge is 0.151 e. The van der Waals surface area contributed by atoms with Gasteiger partial charge in [0.1, 0.15) is 0 Å². The number of thiazole rings is 1. The first kappa shape index (κ1) is 19.4. The van der Waals surface area contributed by atoms with Gasteiger partial charge < -0.3 is 9.80 Å². The van der Waals surface area contributed by atoms with E-state index in [2.05, 4.69) is 66.5 Å². The molecule has 0 spiro atoms. The van der Waals surface area contributed by atoms with Gasteiger partial charge in [0.15, 0.2) is 5.82 Å². The summed E-state index contributed by atoms with van der Waals surface area (Å²) in [6.07, 6.45) is 3.72. The minimum atomic E-state index is 0. The molecule has 1 aromatic carbocycles. The van der Waals surface area contributed by atoms with Crippen molar-refractivity contribution >= 4 is 39.8 Å². The van der Waals surface area contributed by atoms with Crippen molar-refractivity contribution in [1.82, 2.24) is 30.3 Å². The molecule has 4 aromatic rings. The number of hydrogen-bond acceptors (Lipinski definition) is 7. The largest absolute Gasteiger partial charge is 0.354 e. The van der Waals surface area contributed by atoms with Crippen LogP contribution in [0.25, 0.3) is 32.6 Å². The van der Waals surface area contributed by atoms with Gasteiger partial charge in [0.05, 0.1) is 27.6 Å². The second-order valence-electron chi connectivity index (χ2n) is 8.10. The van der Waals surface area contributed by atoms with Gasteiger partial charge in [0, 0.05) is 49.1 Å². The van der Waals surface area contributed by atoms with Crippen molar-refractivity contribution in [1.29, 1.82) is 0 Å². The van der Waals surface area contributed by atoms with E-state index in [-0.39, 0.29) is 12.4 Å². The third-order valence-corrected chi connectivity index (χ3v) is 7.07. The molecule has 2 unspecified atom stereocenters. The highest BCUT2D eigenvalue weighted by atomic mass is 35.5. The molecule has 154 valence electrons. The van der Waals surface area contributed by atoms with Crippen LogP contribution in [0.5, 0.6) is 0 Å². The van der Waals surface area contributed by atoms with Crippen molar-refractivity contribution in [2.24, 2.45) is 11.8 Å². The lowest BCUT2D eigenvalue weighted by Crippen LogP contribution is -2.27. The second kappa shape index (κ2) is 7.61. The van der Waals surface area contributed by atoms with Gasteiger partial charge in [-0.3, -0.25) is 5.10 Å². The number of fused-ring (bicyclic) bond motifs is 2. The Balaban J connectivity index is 0.00000193. The van der Waals surface area contributed by atoms with Crippen LogP contribution in [-0.2, 0) is 0 Å². The molecule has 7 nitrogen and oxygen atoms in total. The number of nitrogens with zero attached hydrogens (tertiary/aromatic N) is 6. The third-order valence-electron chi connectivity index (χ3n) is 6.21. The number of rotatable bonds is 3. The molecule has 6 rings (SSSR count). The lowest BCUT2D eigenvalue weighted by Gasteiger charge is -2.19. The molecule has 5 heterocycles.